The van der Waals surface area contributed by atoms with Gasteiger partial charge >= 0.3 is 0 Å². The average Bonchev–Trinajstić information content (AvgIpc) is 2.26. The van der Waals surface area contributed by atoms with Crippen LogP contribution in [-0.4, -0.2) is 0 Å². The Morgan fingerprint density at radius 2 is 1.29 bits per heavy atom. The molecule has 0 spiro atoms. The predicted octanol–water partition coefficient (Wildman–Crippen LogP) is 3.59. The largest absolute Gasteiger partial charge is 0.0620 e. The number of hydrogen-bond donors (Lipinski definition) is 0. The Bertz CT molecular complexity index is 294. The molecule has 0 unspecified atom stereocenters. The molecule has 0 radical (unpaired) electrons. The first-order valence-electron chi connectivity index (χ1n) is 6.00. The van der Waals surface area contributed by atoms with E-state index in [1.807, 2.05) is 0 Å². The van der Waals surface area contributed by atoms with Crippen LogP contribution in [0.2, 0.25) is 0 Å². The molecule has 1 aromatic carbocycles. The molecule has 3 rings (SSSR count). The van der Waals surface area contributed by atoms with E-state index in [0.29, 0.717) is 0 Å². The molecule has 0 bridgehead atoms. The molecule has 74 valence electrons. The minimum Gasteiger partial charge on any atom is -0.0620 e. The third kappa shape index (κ3) is 1.37. The van der Waals surface area contributed by atoms with Gasteiger partial charge in [-0.1, -0.05) is 37.1 Å². The second-order valence-electron chi connectivity index (χ2n) is 4.98. The van der Waals surface area contributed by atoms with Crippen molar-refractivity contribution < 1.29 is 0 Å². The maximum absolute atomic E-state index is 2.33. The monoisotopic (exact) mass is 186 g/mol. The second-order valence-corrected chi connectivity index (χ2v) is 4.98. The first-order chi connectivity index (χ1) is 6.93. The molecule has 0 aromatic heterocycles. The van der Waals surface area contributed by atoms with Crippen molar-refractivity contribution in [2.75, 3.05) is 0 Å². The Hall–Kier alpha value is -0.780. The lowest BCUT2D eigenvalue weighted by atomic mass is 9.69. The second kappa shape index (κ2) is 3.42. The highest BCUT2D eigenvalue weighted by Gasteiger charge is 2.29. The van der Waals surface area contributed by atoms with E-state index < -0.39 is 0 Å². The summed E-state index contributed by atoms with van der Waals surface area (Å²) in [6, 6.07) is 9.06. The Labute approximate surface area is 86.3 Å². The van der Waals surface area contributed by atoms with Crippen LogP contribution >= 0.6 is 0 Å². The van der Waals surface area contributed by atoms with Gasteiger partial charge in [0.15, 0.2) is 0 Å². The summed E-state index contributed by atoms with van der Waals surface area (Å²) < 4.78 is 0. The molecule has 2 aliphatic rings. The summed E-state index contributed by atoms with van der Waals surface area (Å²) in [7, 11) is 0. The van der Waals surface area contributed by atoms with Gasteiger partial charge in [-0.05, 0) is 48.6 Å². The number of rotatable bonds is 0. The third-order valence-electron chi connectivity index (χ3n) is 4.15. The minimum absolute atomic E-state index is 1.01. The number of fused-ring (bicyclic) bond motifs is 2. The van der Waals surface area contributed by atoms with Crippen molar-refractivity contribution in [1.82, 2.24) is 0 Å². The van der Waals surface area contributed by atoms with E-state index >= 15 is 0 Å². The first kappa shape index (κ1) is 8.52. The van der Waals surface area contributed by atoms with Crippen molar-refractivity contribution in [2.45, 2.75) is 38.5 Å². The highest BCUT2D eigenvalue weighted by molar-refractivity contribution is 5.30. The average molecular weight is 186 g/mol. The van der Waals surface area contributed by atoms with Gasteiger partial charge in [-0.25, -0.2) is 0 Å². The van der Waals surface area contributed by atoms with Crippen LogP contribution in [0.4, 0.5) is 0 Å². The van der Waals surface area contributed by atoms with Crippen LogP contribution < -0.4 is 0 Å². The fraction of sp³-hybridized carbons (Fsp3) is 0.571. The Morgan fingerprint density at radius 3 is 1.79 bits per heavy atom. The third-order valence-corrected chi connectivity index (χ3v) is 4.15. The molecule has 0 heterocycles. The molecule has 2 atom stereocenters. The summed E-state index contributed by atoms with van der Waals surface area (Å²) in [5.41, 5.74) is 3.27. The lowest BCUT2D eigenvalue weighted by molar-refractivity contribution is 0.221. The van der Waals surface area contributed by atoms with Crippen LogP contribution in [0.25, 0.3) is 0 Å². The van der Waals surface area contributed by atoms with E-state index in [-0.39, 0.29) is 0 Å². The smallest absolute Gasteiger partial charge is 0.0245 e. The Balaban J connectivity index is 1.91. The molecule has 2 aliphatic carbocycles. The van der Waals surface area contributed by atoms with Gasteiger partial charge in [0, 0.05) is 0 Å². The molecule has 0 aliphatic heterocycles. The van der Waals surface area contributed by atoms with Gasteiger partial charge in [-0.3, -0.25) is 0 Å². The first-order valence-corrected chi connectivity index (χ1v) is 6.00. The van der Waals surface area contributed by atoms with Crippen molar-refractivity contribution in [3.63, 3.8) is 0 Å². The molecule has 14 heavy (non-hydrogen) atoms. The molecule has 0 saturated heterocycles. The van der Waals surface area contributed by atoms with Gasteiger partial charge in [0.2, 0.25) is 0 Å². The molecule has 0 heteroatoms. The van der Waals surface area contributed by atoms with Crippen LogP contribution in [0.3, 0.4) is 0 Å². The standard InChI is InChI=1S/C14H18/c1-2-6-12-10-14-8-4-3-7-13(14)9-11(12)5-1/h1-2,5-6,13-14H,3-4,7-10H2/t13-,14-/m0/s1. The molecular formula is C14H18. The molecule has 1 aromatic rings. The van der Waals surface area contributed by atoms with E-state index in [1.165, 1.54) is 38.5 Å². The van der Waals surface area contributed by atoms with Gasteiger partial charge in [-0.2, -0.15) is 0 Å². The van der Waals surface area contributed by atoms with Gasteiger partial charge in [0.1, 0.15) is 0 Å². The van der Waals surface area contributed by atoms with Crippen LogP contribution in [0.5, 0.6) is 0 Å². The fourth-order valence-electron chi connectivity index (χ4n) is 3.34. The maximum atomic E-state index is 2.33. The van der Waals surface area contributed by atoms with Gasteiger partial charge < -0.3 is 0 Å². The van der Waals surface area contributed by atoms with Crippen molar-refractivity contribution >= 4 is 0 Å². The van der Waals surface area contributed by atoms with Crippen molar-refractivity contribution in [2.24, 2.45) is 11.8 Å². The SMILES string of the molecule is c1ccc2c(c1)C[C@@H]1CCCC[C@H]1C2. The van der Waals surface area contributed by atoms with E-state index in [4.69, 9.17) is 0 Å². The number of benzene rings is 1. The lowest BCUT2D eigenvalue weighted by Gasteiger charge is -2.36. The van der Waals surface area contributed by atoms with Crippen LogP contribution in [0, 0.1) is 11.8 Å². The maximum Gasteiger partial charge on any atom is -0.0245 e. The Kier molecular flexibility index (Phi) is 2.08. The molecular weight excluding hydrogens is 168 g/mol. The zero-order chi connectivity index (χ0) is 9.38. The Morgan fingerprint density at radius 1 is 0.786 bits per heavy atom. The van der Waals surface area contributed by atoms with Crippen LogP contribution in [0.15, 0.2) is 24.3 Å². The van der Waals surface area contributed by atoms with E-state index in [9.17, 15) is 0 Å². The quantitative estimate of drug-likeness (QED) is 0.581. The molecule has 0 N–H and O–H groups in total. The molecule has 1 saturated carbocycles. The van der Waals surface area contributed by atoms with E-state index in [2.05, 4.69) is 24.3 Å². The molecule has 0 nitrogen and oxygen atoms in total. The predicted molar refractivity (Wildman–Crippen MR) is 59.3 cm³/mol. The summed E-state index contributed by atoms with van der Waals surface area (Å²) in [6.45, 7) is 0. The van der Waals surface area contributed by atoms with Gasteiger partial charge in [0.05, 0.1) is 0 Å². The van der Waals surface area contributed by atoms with Gasteiger partial charge in [0.25, 0.3) is 0 Å². The summed E-state index contributed by atoms with van der Waals surface area (Å²) in [6.07, 6.45) is 8.65. The van der Waals surface area contributed by atoms with Crippen molar-refractivity contribution in [3.8, 4) is 0 Å². The van der Waals surface area contributed by atoms with Crippen molar-refractivity contribution in [1.29, 1.82) is 0 Å². The van der Waals surface area contributed by atoms with Gasteiger partial charge in [-0.15, -0.1) is 0 Å². The van der Waals surface area contributed by atoms with Crippen LogP contribution in [-0.2, 0) is 12.8 Å². The topological polar surface area (TPSA) is 0 Å². The zero-order valence-electron chi connectivity index (χ0n) is 8.71. The summed E-state index contributed by atoms with van der Waals surface area (Å²) in [4.78, 5) is 0. The summed E-state index contributed by atoms with van der Waals surface area (Å²) >= 11 is 0. The summed E-state index contributed by atoms with van der Waals surface area (Å²) in [5, 5.41) is 0. The normalized spacial score (nSPS) is 30.6. The zero-order valence-corrected chi connectivity index (χ0v) is 8.71. The highest BCUT2D eigenvalue weighted by atomic mass is 14.3. The highest BCUT2D eigenvalue weighted by Crippen LogP contribution is 2.39. The molecule has 1 fully saturated rings. The number of hydrogen-bond acceptors (Lipinski definition) is 0. The molecule has 0 amide bonds. The van der Waals surface area contributed by atoms with E-state index in [1.54, 1.807) is 11.1 Å². The van der Waals surface area contributed by atoms with Crippen molar-refractivity contribution in [3.05, 3.63) is 35.4 Å². The summed E-state index contributed by atoms with van der Waals surface area (Å²) in [5.74, 6) is 2.03. The fourth-order valence-corrected chi connectivity index (χ4v) is 3.34. The van der Waals surface area contributed by atoms with Crippen LogP contribution in [0.1, 0.15) is 36.8 Å². The lowest BCUT2D eigenvalue weighted by Crippen LogP contribution is -2.28. The van der Waals surface area contributed by atoms with E-state index in [0.717, 1.165) is 11.8 Å². The minimum atomic E-state index is 1.01.